The van der Waals surface area contributed by atoms with E-state index in [0.717, 1.165) is 45.2 Å². The van der Waals surface area contributed by atoms with Gasteiger partial charge in [-0.3, -0.25) is 0 Å². The second-order valence-corrected chi connectivity index (χ2v) is 4.61. The molecule has 0 aromatic heterocycles. The van der Waals surface area contributed by atoms with Crippen molar-refractivity contribution in [3.8, 4) is 0 Å². The number of nitrogens with one attached hydrogen (secondary N) is 1. The summed E-state index contributed by atoms with van der Waals surface area (Å²) < 4.78 is 9.67. The Morgan fingerprint density at radius 3 is 2.33 bits per heavy atom. The summed E-state index contributed by atoms with van der Waals surface area (Å²) in [5.41, 5.74) is 0. The van der Waals surface area contributed by atoms with Crippen LogP contribution >= 0.6 is 0 Å². The van der Waals surface area contributed by atoms with E-state index in [1.54, 1.807) is 0 Å². The number of esters is 2. The summed E-state index contributed by atoms with van der Waals surface area (Å²) in [6.45, 7) is 4.64. The summed E-state index contributed by atoms with van der Waals surface area (Å²) in [6, 6.07) is 0. The number of ether oxygens (including phenoxy) is 2. The van der Waals surface area contributed by atoms with Crippen LogP contribution in [0.3, 0.4) is 0 Å². The number of hydrogen-bond donors (Lipinski definition) is 1. The van der Waals surface area contributed by atoms with Gasteiger partial charge in [-0.15, -0.1) is 0 Å². The maximum absolute atomic E-state index is 11.3. The molecule has 0 spiro atoms. The molecular formula is C13H23NO4. The smallest absolute Gasteiger partial charge is 0.417 e. The fourth-order valence-corrected chi connectivity index (χ4v) is 1.92. The number of carbonyl (C=O) groups excluding carboxylic acids is 2. The Balaban J connectivity index is 2.06. The van der Waals surface area contributed by atoms with Crippen LogP contribution in [0.1, 0.15) is 39.0 Å². The van der Waals surface area contributed by atoms with E-state index in [0.29, 0.717) is 19.1 Å². The Kier molecular flexibility index (Phi) is 7.41. The molecule has 0 aromatic rings. The Bertz CT molecular complexity index is 262. The van der Waals surface area contributed by atoms with Gasteiger partial charge in [-0.25, -0.2) is 9.59 Å². The largest absolute Gasteiger partial charge is 0.457 e. The number of unbranched alkanes of at least 4 members (excludes halogenated alkanes) is 1. The monoisotopic (exact) mass is 257 g/mol. The lowest BCUT2D eigenvalue weighted by molar-refractivity contribution is -0.168. The van der Waals surface area contributed by atoms with Crippen molar-refractivity contribution in [3.05, 3.63) is 0 Å². The standard InChI is InChI=1S/C13H23NO4/c1-2-3-9-17-12(15)13(16)18-10-6-11-4-7-14-8-5-11/h11,14H,2-10H2,1H3. The van der Waals surface area contributed by atoms with E-state index >= 15 is 0 Å². The molecule has 5 heteroatoms. The summed E-state index contributed by atoms with van der Waals surface area (Å²) in [5.74, 6) is -1.14. The highest BCUT2D eigenvalue weighted by Crippen LogP contribution is 2.15. The van der Waals surface area contributed by atoms with Gasteiger partial charge in [0.2, 0.25) is 0 Å². The molecule has 1 heterocycles. The van der Waals surface area contributed by atoms with Gasteiger partial charge >= 0.3 is 11.9 Å². The van der Waals surface area contributed by atoms with E-state index in [-0.39, 0.29) is 0 Å². The van der Waals surface area contributed by atoms with Gasteiger partial charge < -0.3 is 14.8 Å². The highest BCUT2D eigenvalue weighted by atomic mass is 16.6. The number of hydrogen-bond acceptors (Lipinski definition) is 5. The van der Waals surface area contributed by atoms with Crippen molar-refractivity contribution < 1.29 is 19.1 Å². The lowest BCUT2D eigenvalue weighted by Gasteiger charge is -2.21. The predicted molar refractivity (Wildman–Crippen MR) is 67.0 cm³/mol. The SMILES string of the molecule is CCCCOC(=O)C(=O)OCCC1CCNCC1. The molecule has 18 heavy (non-hydrogen) atoms. The lowest BCUT2D eigenvalue weighted by atomic mass is 9.95. The summed E-state index contributed by atoms with van der Waals surface area (Å²) >= 11 is 0. The number of rotatable bonds is 6. The number of piperidine rings is 1. The lowest BCUT2D eigenvalue weighted by Crippen LogP contribution is -2.29. The maximum Gasteiger partial charge on any atom is 0.417 e. The molecule has 104 valence electrons. The first-order valence-corrected chi connectivity index (χ1v) is 6.78. The molecule has 0 radical (unpaired) electrons. The fourth-order valence-electron chi connectivity index (χ4n) is 1.92. The molecule has 0 aromatic carbocycles. The van der Waals surface area contributed by atoms with Gasteiger partial charge in [0, 0.05) is 0 Å². The molecule has 1 aliphatic rings. The molecule has 1 rings (SSSR count). The zero-order valence-electron chi connectivity index (χ0n) is 11.1. The van der Waals surface area contributed by atoms with Gasteiger partial charge in [0.1, 0.15) is 0 Å². The Hall–Kier alpha value is -1.10. The van der Waals surface area contributed by atoms with Gasteiger partial charge in [-0.2, -0.15) is 0 Å². The first-order valence-electron chi connectivity index (χ1n) is 6.78. The third-order valence-corrected chi connectivity index (χ3v) is 3.12. The van der Waals surface area contributed by atoms with Crippen molar-refractivity contribution in [2.75, 3.05) is 26.3 Å². The molecule has 1 N–H and O–H groups in total. The van der Waals surface area contributed by atoms with Crippen molar-refractivity contribution in [2.24, 2.45) is 5.92 Å². The van der Waals surface area contributed by atoms with Crippen LogP contribution < -0.4 is 5.32 Å². The summed E-state index contributed by atoms with van der Waals surface area (Å²) in [4.78, 5) is 22.5. The summed E-state index contributed by atoms with van der Waals surface area (Å²) in [5, 5.41) is 3.28. The van der Waals surface area contributed by atoms with Crippen molar-refractivity contribution in [3.63, 3.8) is 0 Å². The molecule has 0 amide bonds. The fraction of sp³-hybridized carbons (Fsp3) is 0.846. The zero-order chi connectivity index (χ0) is 13.2. The molecule has 0 atom stereocenters. The molecular weight excluding hydrogens is 234 g/mol. The molecule has 5 nitrogen and oxygen atoms in total. The average molecular weight is 257 g/mol. The molecule has 0 saturated carbocycles. The second-order valence-electron chi connectivity index (χ2n) is 4.61. The van der Waals surface area contributed by atoms with Crippen LogP contribution in [0.15, 0.2) is 0 Å². The van der Waals surface area contributed by atoms with Crippen LogP contribution in [0.5, 0.6) is 0 Å². The second kappa shape index (κ2) is 8.91. The van der Waals surface area contributed by atoms with Crippen molar-refractivity contribution in [1.29, 1.82) is 0 Å². The summed E-state index contributed by atoms with van der Waals surface area (Å²) in [6.07, 6.45) is 4.75. The summed E-state index contributed by atoms with van der Waals surface area (Å²) in [7, 11) is 0. The molecule has 0 bridgehead atoms. The van der Waals surface area contributed by atoms with Gasteiger partial charge in [0.25, 0.3) is 0 Å². The predicted octanol–water partition coefficient (Wildman–Crippen LogP) is 1.26. The van der Waals surface area contributed by atoms with Crippen LogP contribution in [0.25, 0.3) is 0 Å². The van der Waals surface area contributed by atoms with Gasteiger partial charge in [0.05, 0.1) is 13.2 Å². The van der Waals surface area contributed by atoms with Crippen molar-refractivity contribution in [2.45, 2.75) is 39.0 Å². The van der Waals surface area contributed by atoms with Crippen LogP contribution in [0.2, 0.25) is 0 Å². The van der Waals surface area contributed by atoms with Gasteiger partial charge in [-0.1, -0.05) is 13.3 Å². The minimum Gasteiger partial charge on any atom is -0.457 e. The molecule has 0 aliphatic carbocycles. The van der Waals surface area contributed by atoms with Crippen LogP contribution in [0, 0.1) is 5.92 Å². The quantitative estimate of drug-likeness (QED) is 0.441. The zero-order valence-corrected chi connectivity index (χ0v) is 11.1. The van der Waals surface area contributed by atoms with E-state index in [4.69, 9.17) is 9.47 Å². The van der Waals surface area contributed by atoms with Gasteiger partial charge in [-0.05, 0) is 44.7 Å². The molecule has 0 unspecified atom stereocenters. The molecule has 1 fully saturated rings. The highest BCUT2D eigenvalue weighted by molar-refractivity contribution is 6.29. The van der Waals surface area contributed by atoms with E-state index < -0.39 is 11.9 Å². The maximum atomic E-state index is 11.3. The highest BCUT2D eigenvalue weighted by Gasteiger charge is 2.18. The van der Waals surface area contributed by atoms with E-state index in [9.17, 15) is 9.59 Å². The van der Waals surface area contributed by atoms with Crippen molar-refractivity contribution in [1.82, 2.24) is 5.32 Å². The van der Waals surface area contributed by atoms with Crippen LogP contribution in [0.4, 0.5) is 0 Å². The van der Waals surface area contributed by atoms with Crippen LogP contribution in [-0.2, 0) is 19.1 Å². The van der Waals surface area contributed by atoms with Crippen molar-refractivity contribution >= 4 is 11.9 Å². The first kappa shape index (κ1) is 15.0. The Morgan fingerprint density at radius 1 is 1.11 bits per heavy atom. The normalized spacial score (nSPS) is 16.3. The Labute approximate surface area is 108 Å². The van der Waals surface area contributed by atoms with Gasteiger partial charge in [0.15, 0.2) is 0 Å². The van der Waals surface area contributed by atoms with E-state index in [1.165, 1.54) is 0 Å². The topological polar surface area (TPSA) is 64.6 Å². The first-order chi connectivity index (χ1) is 8.74. The third-order valence-electron chi connectivity index (χ3n) is 3.12. The van der Waals surface area contributed by atoms with E-state index in [2.05, 4.69) is 5.32 Å². The van der Waals surface area contributed by atoms with Crippen LogP contribution in [-0.4, -0.2) is 38.2 Å². The minimum atomic E-state index is -0.867. The minimum absolute atomic E-state index is 0.290. The Morgan fingerprint density at radius 2 is 1.72 bits per heavy atom. The van der Waals surface area contributed by atoms with E-state index in [1.807, 2.05) is 6.92 Å². The number of carbonyl (C=O) groups is 2. The third kappa shape index (κ3) is 6.00. The molecule has 1 saturated heterocycles. The average Bonchev–Trinajstić information content (AvgIpc) is 2.40. The molecule has 1 aliphatic heterocycles.